The fourth-order valence-electron chi connectivity index (χ4n) is 2.92. The van der Waals surface area contributed by atoms with E-state index in [2.05, 4.69) is 37.8 Å². The minimum absolute atomic E-state index is 0. The van der Waals surface area contributed by atoms with Gasteiger partial charge in [0, 0.05) is 17.8 Å². The van der Waals surface area contributed by atoms with Crippen LogP contribution in [0.25, 0.3) is 0 Å². The van der Waals surface area contributed by atoms with Crippen molar-refractivity contribution < 1.29 is 4.79 Å². The highest BCUT2D eigenvalue weighted by atomic mass is 35.5. The maximum Gasteiger partial charge on any atom is 0.242 e. The number of aryl methyl sites for hydroxylation is 4. The highest BCUT2D eigenvalue weighted by Gasteiger charge is 2.22. The van der Waals surface area contributed by atoms with Gasteiger partial charge in [-0.3, -0.25) is 9.89 Å². The zero-order chi connectivity index (χ0) is 18.5. The van der Waals surface area contributed by atoms with E-state index in [1.54, 1.807) is 6.33 Å². The Bertz CT molecular complexity index is 855. The van der Waals surface area contributed by atoms with Gasteiger partial charge in [-0.25, -0.2) is 0 Å². The molecular formula is C18H24ClN7O. The Morgan fingerprint density at radius 1 is 1.30 bits per heavy atom. The number of halogens is 1. The van der Waals surface area contributed by atoms with Gasteiger partial charge < -0.3 is 15.6 Å². The number of aromatic nitrogens is 5. The summed E-state index contributed by atoms with van der Waals surface area (Å²) in [6.07, 6.45) is 2.54. The molecule has 0 aliphatic heterocycles. The molecule has 9 heteroatoms. The second-order valence-electron chi connectivity index (χ2n) is 6.22. The number of rotatable bonds is 7. The number of aromatic amines is 1. The van der Waals surface area contributed by atoms with Crippen molar-refractivity contribution in [1.82, 2.24) is 30.3 Å². The molecule has 1 unspecified atom stereocenters. The summed E-state index contributed by atoms with van der Waals surface area (Å²) in [5.74, 6) is 0.428. The van der Waals surface area contributed by atoms with Gasteiger partial charge >= 0.3 is 0 Å². The summed E-state index contributed by atoms with van der Waals surface area (Å²) in [4.78, 5) is 12.4. The summed E-state index contributed by atoms with van der Waals surface area (Å²) in [6.45, 7) is 4.69. The lowest BCUT2D eigenvalue weighted by atomic mass is 10.1. The van der Waals surface area contributed by atoms with Crippen molar-refractivity contribution in [2.45, 2.75) is 39.4 Å². The van der Waals surface area contributed by atoms with Gasteiger partial charge in [0.15, 0.2) is 5.82 Å². The minimum atomic E-state index is -0.769. The third kappa shape index (κ3) is 4.93. The van der Waals surface area contributed by atoms with E-state index >= 15 is 0 Å². The number of nitrogens with one attached hydrogen (secondary N) is 2. The largest absolute Gasteiger partial charge is 0.347 e. The number of carbonyl (C=O) groups excluding carboxylic acids is 1. The monoisotopic (exact) mass is 389 g/mol. The van der Waals surface area contributed by atoms with Gasteiger partial charge in [0.25, 0.3) is 0 Å². The molecular weight excluding hydrogens is 366 g/mol. The number of benzene rings is 1. The van der Waals surface area contributed by atoms with Gasteiger partial charge in [0.1, 0.15) is 12.4 Å². The van der Waals surface area contributed by atoms with Crippen LogP contribution in [0.2, 0.25) is 0 Å². The van der Waals surface area contributed by atoms with Crippen molar-refractivity contribution in [3.8, 4) is 0 Å². The molecule has 4 N–H and O–H groups in total. The molecule has 1 aromatic carbocycles. The van der Waals surface area contributed by atoms with Gasteiger partial charge in [-0.1, -0.05) is 30.3 Å². The summed E-state index contributed by atoms with van der Waals surface area (Å²) >= 11 is 0. The van der Waals surface area contributed by atoms with Crippen molar-refractivity contribution >= 4 is 18.3 Å². The average molecular weight is 390 g/mol. The lowest BCUT2D eigenvalue weighted by Crippen LogP contribution is -2.35. The summed E-state index contributed by atoms with van der Waals surface area (Å²) in [6, 6.07) is 9.43. The van der Waals surface area contributed by atoms with Crippen LogP contribution in [0.1, 0.15) is 34.4 Å². The first-order valence-corrected chi connectivity index (χ1v) is 8.51. The SMILES string of the molecule is Cc1n[nH]c(C)c1C(N)C(=O)NCc1nncn1CCc1ccccc1.Cl. The molecule has 3 aromatic rings. The number of nitrogens with zero attached hydrogens (tertiary/aromatic N) is 4. The fraction of sp³-hybridized carbons (Fsp3) is 0.333. The van der Waals surface area contributed by atoms with Crippen molar-refractivity contribution in [3.05, 3.63) is 65.0 Å². The highest BCUT2D eigenvalue weighted by molar-refractivity contribution is 5.85. The third-order valence-corrected chi connectivity index (χ3v) is 4.38. The molecule has 0 radical (unpaired) electrons. The molecule has 0 aliphatic carbocycles. The van der Waals surface area contributed by atoms with Crippen LogP contribution in [0.15, 0.2) is 36.7 Å². The first-order chi connectivity index (χ1) is 12.6. The van der Waals surface area contributed by atoms with E-state index in [1.165, 1.54) is 5.56 Å². The van der Waals surface area contributed by atoms with E-state index in [9.17, 15) is 4.79 Å². The zero-order valence-electron chi connectivity index (χ0n) is 15.3. The predicted octanol–water partition coefficient (Wildman–Crippen LogP) is 1.60. The van der Waals surface area contributed by atoms with Gasteiger partial charge in [-0.2, -0.15) is 5.10 Å². The molecule has 3 rings (SSSR count). The Kier molecular flexibility index (Phi) is 7.09. The number of H-pyrrole nitrogens is 1. The van der Waals surface area contributed by atoms with E-state index in [1.807, 2.05) is 36.6 Å². The third-order valence-electron chi connectivity index (χ3n) is 4.38. The van der Waals surface area contributed by atoms with Crippen LogP contribution < -0.4 is 11.1 Å². The van der Waals surface area contributed by atoms with E-state index in [0.717, 1.165) is 29.9 Å². The number of carbonyl (C=O) groups is 1. The summed E-state index contributed by atoms with van der Waals surface area (Å²) < 4.78 is 1.94. The average Bonchev–Trinajstić information content (AvgIpc) is 3.24. The highest BCUT2D eigenvalue weighted by Crippen LogP contribution is 2.17. The maximum absolute atomic E-state index is 12.4. The van der Waals surface area contributed by atoms with Gasteiger partial charge in [0.05, 0.1) is 12.2 Å². The molecule has 1 amide bonds. The predicted molar refractivity (Wildman–Crippen MR) is 104 cm³/mol. The van der Waals surface area contributed by atoms with Crippen LogP contribution in [0.3, 0.4) is 0 Å². The number of amides is 1. The smallest absolute Gasteiger partial charge is 0.242 e. The molecule has 0 saturated carbocycles. The van der Waals surface area contributed by atoms with E-state index in [-0.39, 0.29) is 24.9 Å². The number of hydrogen-bond acceptors (Lipinski definition) is 5. The maximum atomic E-state index is 12.4. The van der Waals surface area contributed by atoms with Crippen molar-refractivity contribution in [3.63, 3.8) is 0 Å². The quantitative estimate of drug-likeness (QED) is 0.567. The van der Waals surface area contributed by atoms with Crippen LogP contribution >= 0.6 is 12.4 Å². The molecule has 2 heterocycles. The summed E-state index contributed by atoms with van der Waals surface area (Å²) in [5, 5.41) is 17.8. The normalized spacial score (nSPS) is 11.7. The molecule has 144 valence electrons. The Morgan fingerprint density at radius 3 is 2.70 bits per heavy atom. The summed E-state index contributed by atoms with van der Waals surface area (Å²) in [7, 11) is 0. The van der Waals surface area contributed by atoms with Gasteiger partial charge in [-0.15, -0.1) is 22.6 Å². The molecule has 8 nitrogen and oxygen atoms in total. The van der Waals surface area contributed by atoms with Gasteiger partial charge in [-0.05, 0) is 25.8 Å². The minimum Gasteiger partial charge on any atom is -0.347 e. The topological polar surface area (TPSA) is 115 Å². The Balaban J connectivity index is 0.00000261. The van der Waals surface area contributed by atoms with E-state index in [0.29, 0.717) is 5.82 Å². The second kappa shape index (κ2) is 9.29. The molecule has 0 spiro atoms. The molecule has 0 bridgehead atoms. The van der Waals surface area contributed by atoms with E-state index < -0.39 is 6.04 Å². The lowest BCUT2D eigenvalue weighted by molar-refractivity contribution is -0.122. The zero-order valence-corrected chi connectivity index (χ0v) is 16.2. The number of nitrogens with two attached hydrogens (primary N) is 1. The van der Waals surface area contributed by atoms with Crippen molar-refractivity contribution in [2.24, 2.45) is 5.73 Å². The van der Waals surface area contributed by atoms with Crippen LogP contribution in [-0.4, -0.2) is 30.9 Å². The number of hydrogen-bond donors (Lipinski definition) is 3. The van der Waals surface area contributed by atoms with E-state index in [4.69, 9.17) is 5.73 Å². The lowest BCUT2D eigenvalue weighted by Gasteiger charge is -2.13. The second-order valence-corrected chi connectivity index (χ2v) is 6.22. The van der Waals surface area contributed by atoms with Crippen molar-refractivity contribution in [2.75, 3.05) is 0 Å². The van der Waals surface area contributed by atoms with Crippen LogP contribution in [0.5, 0.6) is 0 Å². The fourth-order valence-corrected chi connectivity index (χ4v) is 2.92. The van der Waals surface area contributed by atoms with Crippen molar-refractivity contribution in [1.29, 1.82) is 0 Å². The molecule has 0 saturated heterocycles. The molecule has 27 heavy (non-hydrogen) atoms. The Labute approximate surface area is 164 Å². The summed E-state index contributed by atoms with van der Waals surface area (Å²) in [5.41, 5.74) is 9.59. The first-order valence-electron chi connectivity index (χ1n) is 8.51. The molecule has 1 atom stereocenters. The van der Waals surface area contributed by atoms with Gasteiger partial charge in [0.2, 0.25) is 5.91 Å². The van der Waals surface area contributed by atoms with Crippen LogP contribution in [0, 0.1) is 13.8 Å². The Morgan fingerprint density at radius 2 is 2.04 bits per heavy atom. The molecule has 0 fully saturated rings. The first kappa shape index (κ1) is 20.6. The molecule has 2 aromatic heterocycles. The van der Waals surface area contributed by atoms with Crippen LogP contribution in [0.4, 0.5) is 0 Å². The molecule has 0 aliphatic rings. The standard InChI is InChI=1S/C18H23N7O.ClH/c1-12-16(13(2)23-22-12)17(19)18(26)20-10-15-24-21-11-25(15)9-8-14-6-4-3-5-7-14;/h3-7,11,17H,8-10,19H2,1-2H3,(H,20,26)(H,22,23);1H. The van der Waals surface area contributed by atoms with Crippen LogP contribution in [-0.2, 0) is 24.3 Å². The Hall–Kier alpha value is -2.71.